The number of alkyl halides is 3. The first kappa shape index (κ1) is 40.7. The number of hydrogen-bond donors (Lipinski definition) is 0. The van der Waals surface area contributed by atoms with E-state index in [0.717, 1.165) is 30.7 Å². The van der Waals surface area contributed by atoms with Gasteiger partial charge in [-0.3, -0.25) is 4.90 Å². The van der Waals surface area contributed by atoms with Gasteiger partial charge in [-0.2, -0.15) is 13.2 Å². The van der Waals surface area contributed by atoms with E-state index in [4.69, 9.17) is 18.9 Å². The molecule has 1 unspecified atom stereocenters. The van der Waals surface area contributed by atoms with Crippen molar-refractivity contribution in [3.8, 4) is 11.5 Å². The molecule has 1 atom stereocenters. The van der Waals surface area contributed by atoms with Gasteiger partial charge in [-0.25, -0.2) is 9.59 Å². The summed E-state index contributed by atoms with van der Waals surface area (Å²) in [5.74, 6) is -0.997. The molecule has 2 aromatic rings. The normalized spacial score (nSPS) is 16.6. The maximum atomic E-state index is 13.6. The number of carbonyl (C=O) groups is 2. The van der Waals surface area contributed by atoms with Crippen molar-refractivity contribution in [1.82, 2.24) is 14.7 Å². The van der Waals surface area contributed by atoms with Gasteiger partial charge in [0.1, 0.15) is 0 Å². The standard InChI is InChI=1S/C34H42F3N3O6.2ClH/c1-38(2)15-13-25-30(32(41)45-6)29(21-8-10-24(11-9-21)34(35,36)37)31(33(42)46-7)26(39(25)3)14-17-40-16-12-22-18-27(43-4)28(44-5)19-23(22)20-40;;/h8-11,18-19,29H,12-17,20H2,1-7H3;2*1H. The Morgan fingerprint density at radius 3 is 1.85 bits per heavy atom. The van der Waals surface area contributed by atoms with Crippen LogP contribution in [-0.4, -0.2) is 95.9 Å². The summed E-state index contributed by atoms with van der Waals surface area (Å²) >= 11 is 0. The van der Waals surface area contributed by atoms with Crippen LogP contribution in [0.15, 0.2) is 58.9 Å². The third-order valence-electron chi connectivity index (χ3n) is 8.65. The molecular formula is C34H44Cl2F3N3O6. The highest BCUT2D eigenvalue weighted by atomic mass is 35.5. The molecule has 0 saturated carbocycles. The third kappa shape index (κ3) is 8.76. The number of nitrogens with zero attached hydrogens (tertiary/aromatic N) is 3. The van der Waals surface area contributed by atoms with Crippen LogP contribution in [0.3, 0.4) is 0 Å². The van der Waals surface area contributed by atoms with Crippen molar-refractivity contribution in [2.75, 3.05) is 69.2 Å². The van der Waals surface area contributed by atoms with E-state index < -0.39 is 29.6 Å². The molecular weight excluding hydrogens is 674 g/mol. The highest BCUT2D eigenvalue weighted by molar-refractivity contribution is 6.00. The molecule has 2 aliphatic heterocycles. The van der Waals surface area contributed by atoms with Crippen molar-refractivity contribution in [1.29, 1.82) is 0 Å². The van der Waals surface area contributed by atoms with Crippen LogP contribution in [0.1, 0.15) is 41.0 Å². The van der Waals surface area contributed by atoms with Crippen LogP contribution in [-0.2, 0) is 38.2 Å². The van der Waals surface area contributed by atoms with Crippen LogP contribution < -0.4 is 9.47 Å². The Bertz CT molecular complexity index is 1510. The lowest BCUT2D eigenvalue weighted by Crippen LogP contribution is -2.38. The highest BCUT2D eigenvalue weighted by Crippen LogP contribution is 2.45. The second-order valence-corrected chi connectivity index (χ2v) is 11.6. The zero-order chi connectivity index (χ0) is 33.8. The molecule has 0 aromatic heterocycles. The third-order valence-corrected chi connectivity index (χ3v) is 8.65. The lowest BCUT2D eigenvalue weighted by molar-refractivity contribution is -0.139. The Balaban J connectivity index is 0.00000400. The van der Waals surface area contributed by atoms with Crippen molar-refractivity contribution in [2.45, 2.75) is 37.9 Å². The monoisotopic (exact) mass is 717 g/mol. The molecule has 9 nitrogen and oxygen atoms in total. The van der Waals surface area contributed by atoms with E-state index in [1.54, 1.807) is 21.3 Å². The van der Waals surface area contributed by atoms with Gasteiger partial charge in [0.15, 0.2) is 11.5 Å². The second-order valence-electron chi connectivity index (χ2n) is 11.6. The van der Waals surface area contributed by atoms with E-state index in [-0.39, 0.29) is 36.0 Å². The van der Waals surface area contributed by atoms with Crippen molar-refractivity contribution >= 4 is 36.8 Å². The number of hydrogen-bond acceptors (Lipinski definition) is 9. The summed E-state index contributed by atoms with van der Waals surface area (Å²) < 4.78 is 61.9. The number of benzene rings is 2. The fraction of sp³-hybridized carbons (Fsp3) is 0.471. The fourth-order valence-corrected chi connectivity index (χ4v) is 6.22. The molecule has 2 aromatic carbocycles. The zero-order valence-corrected chi connectivity index (χ0v) is 29.9. The molecule has 0 fully saturated rings. The second kappa shape index (κ2) is 17.3. The molecule has 2 aliphatic rings. The molecule has 0 spiro atoms. The first-order chi connectivity index (χ1) is 21.8. The van der Waals surface area contributed by atoms with Gasteiger partial charge in [-0.15, -0.1) is 24.8 Å². The van der Waals surface area contributed by atoms with E-state index in [1.807, 2.05) is 36.0 Å². The summed E-state index contributed by atoms with van der Waals surface area (Å²) in [6, 6.07) is 8.54. The summed E-state index contributed by atoms with van der Waals surface area (Å²) in [6.07, 6.45) is -2.90. The zero-order valence-electron chi connectivity index (χ0n) is 28.2. The maximum absolute atomic E-state index is 13.6. The average Bonchev–Trinajstić information content (AvgIpc) is 3.04. The first-order valence-corrected chi connectivity index (χ1v) is 15.0. The number of fused-ring (bicyclic) bond motifs is 1. The molecule has 2 heterocycles. The lowest BCUT2D eigenvalue weighted by atomic mass is 9.78. The van der Waals surface area contributed by atoms with Gasteiger partial charge in [0.25, 0.3) is 0 Å². The van der Waals surface area contributed by atoms with Crippen LogP contribution in [0.2, 0.25) is 0 Å². The van der Waals surface area contributed by atoms with E-state index in [0.29, 0.717) is 60.9 Å². The van der Waals surface area contributed by atoms with Gasteiger partial charge in [-0.05, 0) is 61.5 Å². The van der Waals surface area contributed by atoms with Gasteiger partial charge in [-0.1, -0.05) is 12.1 Å². The van der Waals surface area contributed by atoms with Gasteiger partial charge >= 0.3 is 18.1 Å². The van der Waals surface area contributed by atoms with Crippen LogP contribution in [0, 0.1) is 0 Å². The molecule has 0 saturated heterocycles. The number of carbonyl (C=O) groups excluding carboxylic acids is 2. The first-order valence-electron chi connectivity index (χ1n) is 15.0. The summed E-state index contributed by atoms with van der Waals surface area (Å²) in [5, 5.41) is 0. The number of halogens is 5. The molecule has 0 amide bonds. The number of rotatable bonds is 11. The minimum absolute atomic E-state index is 0. The molecule has 0 radical (unpaired) electrons. The molecule has 48 heavy (non-hydrogen) atoms. The predicted molar refractivity (Wildman–Crippen MR) is 181 cm³/mol. The van der Waals surface area contributed by atoms with Crippen LogP contribution in [0.4, 0.5) is 13.2 Å². The summed E-state index contributed by atoms with van der Waals surface area (Å²) in [4.78, 5) is 33.2. The van der Waals surface area contributed by atoms with Crippen LogP contribution >= 0.6 is 24.8 Å². The number of ether oxygens (including phenoxy) is 4. The van der Waals surface area contributed by atoms with Crippen molar-refractivity contribution < 1.29 is 41.7 Å². The molecule has 0 bridgehead atoms. The quantitative estimate of drug-likeness (QED) is 0.266. The minimum Gasteiger partial charge on any atom is -0.493 e. The van der Waals surface area contributed by atoms with Gasteiger partial charge < -0.3 is 28.7 Å². The molecule has 4 rings (SSSR count). The average molecular weight is 719 g/mol. The van der Waals surface area contributed by atoms with Crippen LogP contribution in [0.25, 0.3) is 0 Å². The molecule has 266 valence electrons. The van der Waals surface area contributed by atoms with Crippen LogP contribution in [0.5, 0.6) is 11.5 Å². The highest BCUT2D eigenvalue weighted by Gasteiger charge is 2.42. The van der Waals surface area contributed by atoms with E-state index in [1.165, 1.54) is 31.9 Å². The Morgan fingerprint density at radius 2 is 1.38 bits per heavy atom. The number of esters is 2. The Labute approximate surface area is 292 Å². The molecule has 0 N–H and O–H groups in total. The number of methoxy groups -OCH3 is 4. The summed E-state index contributed by atoms with van der Waals surface area (Å²) in [7, 11) is 11.3. The smallest absolute Gasteiger partial charge is 0.416 e. The summed E-state index contributed by atoms with van der Waals surface area (Å²) in [6.45, 7) is 2.57. The SMILES string of the molecule is COC(=O)C1=C(CCN(C)C)N(C)C(CCN2CCc3cc(OC)c(OC)cc3C2)=C(C(=O)OC)C1c1ccc(C(F)(F)F)cc1.Cl.Cl. The fourth-order valence-electron chi connectivity index (χ4n) is 6.22. The summed E-state index contributed by atoms with van der Waals surface area (Å²) in [5.41, 5.74) is 3.48. The Morgan fingerprint density at radius 1 is 0.854 bits per heavy atom. The van der Waals surface area contributed by atoms with Crippen molar-refractivity contribution in [3.05, 3.63) is 81.2 Å². The van der Waals surface area contributed by atoms with Crippen molar-refractivity contribution in [2.24, 2.45) is 0 Å². The van der Waals surface area contributed by atoms with E-state index in [2.05, 4.69) is 4.90 Å². The van der Waals surface area contributed by atoms with E-state index >= 15 is 0 Å². The van der Waals surface area contributed by atoms with Gasteiger partial charge in [0.05, 0.1) is 51.1 Å². The Hall–Kier alpha value is -3.45. The predicted octanol–water partition coefficient (Wildman–Crippen LogP) is 5.85. The largest absolute Gasteiger partial charge is 0.493 e. The molecule has 0 aliphatic carbocycles. The van der Waals surface area contributed by atoms with Gasteiger partial charge in [0, 0.05) is 57.5 Å². The Kier molecular flexibility index (Phi) is 14.7. The van der Waals surface area contributed by atoms with Gasteiger partial charge in [0.2, 0.25) is 0 Å². The minimum atomic E-state index is -4.54. The van der Waals surface area contributed by atoms with Crippen molar-refractivity contribution in [3.63, 3.8) is 0 Å². The maximum Gasteiger partial charge on any atom is 0.416 e. The van der Waals surface area contributed by atoms with E-state index in [9.17, 15) is 22.8 Å². The topological polar surface area (TPSA) is 80.8 Å². The molecule has 14 heteroatoms. The lowest BCUT2D eigenvalue weighted by Gasteiger charge is -2.39.